The van der Waals surface area contributed by atoms with Gasteiger partial charge in [0.1, 0.15) is 18.1 Å². The van der Waals surface area contributed by atoms with Crippen molar-refractivity contribution in [3.8, 4) is 17.1 Å². The van der Waals surface area contributed by atoms with Gasteiger partial charge in [0.25, 0.3) is 5.91 Å². The van der Waals surface area contributed by atoms with Crippen LogP contribution in [0.1, 0.15) is 36.7 Å². The minimum atomic E-state index is -0.889. The number of rotatable bonds is 12. The zero-order chi connectivity index (χ0) is 24.5. The Kier molecular flexibility index (Phi) is 8.87. The number of carbonyl (C=O) groups is 2. The van der Waals surface area contributed by atoms with Crippen LogP contribution in [0.4, 0.5) is 0 Å². The van der Waals surface area contributed by atoms with Crippen LogP contribution in [-0.4, -0.2) is 47.7 Å². The molecule has 3 rings (SSSR count). The number of benzene rings is 2. The first-order chi connectivity index (χ1) is 16.4. The number of aliphatic carboxylic acids is 1. The molecule has 0 aliphatic rings. The number of ether oxygens (including phenoxy) is 2. The minimum Gasteiger partial charge on any atom is -0.491 e. The van der Waals surface area contributed by atoms with Gasteiger partial charge in [0.05, 0.1) is 25.4 Å². The second-order valence-electron chi connectivity index (χ2n) is 8.35. The van der Waals surface area contributed by atoms with E-state index in [9.17, 15) is 9.59 Å². The maximum atomic E-state index is 13.3. The summed E-state index contributed by atoms with van der Waals surface area (Å²) >= 11 is 0. The summed E-state index contributed by atoms with van der Waals surface area (Å²) in [7, 11) is 0. The number of hydrogen-bond acceptors (Lipinski definition) is 5. The Morgan fingerprint density at radius 3 is 2.35 bits per heavy atom. The molecule has 0 bridgehead atoms. The van der Waals surface area contributed by atoms with Crippen molar-refractivity contribution >= 4 is 11.9 Å². The van der Waals surface area contributed by atoms with E-state index in [1.807, 2.05) is 74.5 Å². The van der Waals surface area contributed by atoms with Gasteiger partial charge in [-0.05, 0) is 51.1 Å². The molecule has 0 saturated carbocycles. The molecule has 1 amide bonds. The van der Waals surface area contributed by atoms with Crippen LogP contribution in [0.15, 0.2) is 71.3 Å². The van der Waals surface area contributed by atoms with Crippen molar-refractivity contribution in [2.24, 2.45) is 5.92 Å². The van der Waals surface area contributed by atoms with E-state index >= 15 is 0 Å². The van der Waals surface area contributed by atoms with E-state index < -0.39 is 11.9 Å². The molecule has 0 spiro atoms. The smallest absolute Gasteiger partial charge is 0.308 e. The molecule has 0 aliphatic carbocycles. The Labute approximate surface area is 199 Å². The summed E-state index contributed by atoms with van der Waals surface area (Å²) in [6.45, 7) is 6.65. The second kappa shape index (κ2) is 12.0. The van der Waals surface area contributed by atoms with Crippen LogP contribution in [0, 0.1) is 5.92 Å². The van der Waals surface area contributed by atoms with Gasteiger partial charge in [-0.1, -0.05) is 30.3 Å². The minimum absolute atomic E-state index is 0.0221. The maximum absolute atomic E-state index is 13.3. The predicted octanol–water partition coefficient (Wildman–Crippen LogP) is 5.11. The number of para-hydroxylation sites is 1. The van der Waals surface area contributed by atoms with Crippen molar-refractivity contribution in [2.45, 2.75) is 33.4 Å². The number of carboxylic acids is 1. The molecule has 7 nitrogen and oxygen atoms in total. The van der Waals surface area contributed by atoms with E-state index in [1.54, 1.807) is 18.1 Å². The fourth-order valence-electron chi connectivity index (χ4n) is 3.38. The lowest BCUT2D eigenvalue weighted by atomic mass is 10.1. The van der Waals surface area contributed by atoms with Crippen LogP contribution in [0.25, 0.3) is 11.3 Å². The highest BCUT2D eigenvalue weighted by Crippen LogP contribution is 2.24. The van der Waals surface area contributed by atoms with E-state index in [0.29, 0.717) is 17.9 Å². The van der Waals surface area contributed by atoms with E-state index in [0.717, 1.165) is 16.9 Å². The largest absolute Gasteiger partial charge is 0.491 e. The molecule has 0 radical (unpaired) electrons. The monoisotopic (exact) mass is 465 g/mol. The summed E-state index contributed by atoms with van der Waals surface area (Å²) in [6.07, 6.45) is 1.62. The van der Waals surface area contributed by atoms with Crippen molar-refractivity contribution in [3.05, 3.63) is 78.1 Å². The highest BCUT2D eigenvalue weighted by Gasteiger charge is 2.21. The molecule has 1 unspecified atom stereocenters. The highest BCUT2D eigenvalue weighted by molar-refractivity contribution is 5.94. The molecule has 3 aromatic rings. The van der Waals surface area contributed by atoms with Crippen molar-refractivity contribution in [1.82, 2.24) is 4.90 Å². The fraction of sp³-hybridized carbons (Fsp3) is 0.333. The Balaban J connectivity index is 1.64. The third-order valence-electron chi connectivity index (χ3n) is 5.41. The zero-order valence-corrected chi connectivity index (χ0v) is 19.8. The van der Waals surface area contributed by atoms with Crippen LogP contribution in [0.3, 0.4) is 0 Å². The first-order valence-corrected chi connectivity index (χ1v) is 11.3. The Bertz CT molecular complexity index is 1060. The van der Waals surface area contributed by atoms with E-state index in [1.165, 1.54) is 0 Å². The number of carboxylic acid groups (broad SMARTS) is 1. The van der Waals surface area contributed by atoms with Gasteiger partial charge in [-0.25, -0.2) is 0 Å². The molecule has 0 fully saturated rings. The number of hydrogen-bond donors (Lipinski definition) is 1. The van der Waals surface area contributed by atoms with Crippen LogP contribution in [0.5, 0.6) is 5.75 Å². The van der Waals surface area contributed by atoms with Crippen LogP contribution >= 0.6 is 0 Å². The molecular formula is C27H31NO6. The molecule has 34 heavy (non-hydrogen) atoms. The molecule has 180 valence electrons. The first-order valence-electron chi connectivity index (χ1n) is 11.3. The average molecular weight is 466 g/mol. The topological polar surface area (TPSA) is 89.2 Å². The Morgan fingerprint density at radius 2 is 1.71 bits per heavy atom. The third kappa shape index (κ3) is 6.71. The van der Waals surface area contributed by atoms with Crippen LogP contribution in [0.2, 0.25) is 0 Å². The van der Waals surface area contributed by atoms with Crippen LogP contribution < -0.4 is 4.74 Å². The standard InChI is InChI=1S/C27H31NO6/c1-19(2)28(26(29)22-12-10-21(11-13-22)24-9-6-14-33-24)17-23-7-4-5-8-25(23)34-16-15-32-18-20(3)27(30)31/h4-14,19-20H,15-18H2,1-3H3,(H,30,31). The molecule has 0 aliphatic heterocycles. The van der Waals surface area contributed by atoms with Gasteiger partial charge in [0.2, 0.25) is 0 Å². The van der Waals surface area contributed by atoms with Gasteiger partial charge in [-0.3, -0.25) is 9.59 Å². The first kappa shape index (κ1) is 25.1. The van der Waals surface area contributed by atoms with Gasteiger partial charge in [-0.15, -0.1) is 0 Å². The molecule has 1 heterocycles. The van der Waals surface area contributed by atoms with E-state index in [2.05, 4.69) is 0 Å². The third-order valence-corrected chi connectivity index (χ3v) is 5.41. The molecule has 0 saturated heterocycles. The van der Waals surface area contributed by atoms with E-state index in [-0.39, 0.29) is 31.8 Å². The summed E-state index contributed by atoms with van der Waals surface area (Å²) < 4.78 is 16.7. The summed E-state index contributed by atoms with van der Waals surface area (Å²) in [4.78, 5) is 26.0. The lowest BCUT2D eigenvalue weighted by Crippen LogP contribution is -2.36. The van der Waals surface area contributed by atoms with Crippen molar-refractivity contribution in [3.63, 3.8) is 0 Å². The fourth-order valence-corrected chi connectivity index (χ4v) is 3.38. The van der Waals surface area contributed by atoms with Crippen molar-refractivity contribution in [1.29, 1.82) is 0 Å². The van der Waals surface area contributed by atoms with Gasteiger partial charge < -0.3 is 23.9 Å². The molecule has 7 heteroatoms. The molecule has 2 aromatic carbocycles. The highest BCUT2D eigenvalue weighted by atomic mass is 16.5. The lowest BCUT2D eigenvalue weighted by Gasteiger charge is -2.28. The molecule has 1 atom stereocenters. The normalized spacial score (nSPS) is 11.9. The quantitative estimate of drug-likeness (QED) is 0.374. The van der Waals surface area contributed by atoms with E-state index in [4.69, 9.17) is 19.0 Å². The SMILES string of the molecule is CC(COCCOc1ccccc1CN(C(=O)c1ccc(-c2ccco2)cc1)C(C)C)C(=O)O. The van der Waals surface area contributed by atoms with Gasteiger partial charge in [-0.2, -0.15) is 0 Å². The molecular weight excluding hydrogens is 434 g/mol. The van der Waals surface area contributed by atoms with Crippen molar-refractivity contribution in [2.75, 3.05) is 19.8 Å². The maximum Gasteiger partial charge on any atom is 0.308 e. The molecule has 1 aromatic heterocycles. The number of nitrogens with zero attached hydrogens (tertiary/aromatic N) is 1. The predicted molar refractivity (Wildman–Crippen MR) is 129 cm³/mol. The number of amides is 1. The summed E-state index contributed by atoms with van der Waals surface area (Å²) in [5.74, 6) is -0.0932. The van der Waals surface area contributed by atoms with Crippen LogP contribution in [-0.2, 0) is 16.1 Å². The van der Waals surface area contributed by atoms with Crippen molar-refractivity contribution < 1.29 is 28.6 Å². The summed E-state index contributed by atoms with van der Waals surface area (Å²) in [6, 6.07) is 18.7. The summed E-state index contributed by atoms with van der Waals surface area (Å²) in [5.41, 5.74) is 2.40. The van der Waals surface area contributed by atoms with Gasteiger partial charge >= 0.3 is 5.97 Å². The average Bonchev–Trinajstić information content (AvgIpc) is 3.37. The Morgan fingerprint density at radius 1 is 0.971 bits per heavy atom. The summed E-state index contributed by atoms with van der Waals surface area (Å²) in [5, 5.41) is 8.92. The lowest BCUT2D eigenvalue weighted by molar-refractivity contribution is -0.143. The van der Waals surface area contributed by atoms with Gasteiger partial charge in [0, 0.05) is 29.3 Å². The van der Waals surface area contributed by atoms with Gasteiger partial charge in [0.15, 0.2) is 0 Å². The number of carbonyl (C=O) groups excluding carboxylic acids is 1. The molecule has 1 N–H and O–H groups in total. The Hall–Kier alpha value is -3.58. The second-order valence-corrected chi connectivity index (χ2v) is 8.35. The number of furan rings is 1. The zero-order valence-electron chi connectivity index (χ0n) is 19.8.